The number of hydrogen-bond donors (Lipinski definition) is 6. The fourth-order valence-corrected chi connectivity index (χ4v) is 17.3. The van der Waals surface area contributed by atoms with Crippen LogP contribution in [0.1, 0.15) is 234 Å². The minimum Gasteiger partial charge on any atom is -0.550 e. The molecule has 0 amide bonds. The summed E-state index contributed by atoms with van der Waals surface area (Å²) in [6.45, 7) is 47.8. The summed E-state index contributed by atoms with van der Waals surface area (Å²) in [5.74, 6) is -6.83. The molecule has 128 heavy (non-hydrogen) atoms. The summed E-state index contributed by atoms with van der Waals surface area (Å²) in [5.41, 5.74) is 39.8. The molecule has 0 aliphatic carbocycles. The molecule has 24 nitrogen and oxygen atoms in total. The minimum absolute atomic E-state index is 0. The van der Waals surface area contributed by atoms with Gasteiger partial charge in [-0.15, -0.1) is 0 Å². The number of aromatic amines is 6. The van der Waals surface area contributed by atoms with E-state index < -0.39 is 35.8 Å². The van der Waals surface area contributed by atoms with Crippen molar-refractivity contribution in [1.82, 2.24) is 59.8 Å². The second-order valence-electron chi connectivity index (χ2n) is 32.1. The molecule has 15 heterocycles. The third-order valence-electron chi connectivity index (χ3n) is 24.6. The normalized spacial score (nSPS) is 12.8. The summed E-state index contributed by atoms with van der Waals surface area (Å²) < 4.78 is 0. The number of carbonyl (C=O) groups excluding carboxylic acids is 6. The maximum atomic E-state index is 11.4. The van der Waals surface area contributed by atoms with Crippen LogP contribution < -0.4 is 30.6 Å². The summed E-state index contributed by atoms with van der Waals surface area (Å²) in [7, 11) is 0. The van der Waals surface area contributed by atoms with Gasteiger partial charge in [-0.1, -0.05) is 75.9 Å². The predicted molar refractivity (Wildman–Crippen MR) is 501 cm³/mol. The van der Waals surface area contributed by atoms with E-state index in [-0.39, 0.29) is 117 Å². The third kappa shape index (κ3) is 19.3. The van der Waals surface area contributed by atoms with Gasteiger partial charge in [-0.3, -0.25) is 0 Å². The van der Waals surface area contributed by atoms with E-state index in [4.69, 9.17) is 29.9 Å². The Balaban J connectivity index is 0.000000185. The van der Waals surface area contributed by atoms with E-state index in [2.05, 4.69) is 69.4 Å². The molecule has 0 saturated carbocycles. The number of nitrogens with one attached hydrogen (secondary N) is 6. The van der Waals surface area contributed by atoms with Crippen LogP contribution >= 0.6 is 0 Å². The van der Waals surface area contributed by atoms with Crippen molar-refractivity contribution in [2.45, 2.75) is 160 Å². The fourth-order valence-electron chi connectivity index (χ4n) is 17.3. The number of nitrogens with zero attached hydrogens (tertiary/aromatic N) is 6. The zero-order chi connectivity index (χ0) is 90.9. The second-order valence-corrected chi connectivity index (χ2v) is 32.1. The molecule has 0 unspecified atom stereocenters. The van der Waals surface area contributed by atoms with Gasteiger partial charge in [-0.05, 0) is 333 Å². The predicted octanol–water partition coefficient (Wildman–Crippen LogP) is 13.7. The summed E-state index contributed by atoms with van der Waals surface area (Å²) in [4.78, 5) is 119. The smallest absolute Gasteiger partial charge is 0.550 e. The molecule has 15 rings (SSSR count). The van der Waals surface area contributed by atoms with Crippen molar-refractivity contribution >= 4 is 227 Å². The van der Waals surface area contributed by atoms with Crippen molar-refractivity contribution in [3.05, 3.63) is 266 Å². The molecule has 6 N–H and O–H groups in total. The molecule has 0 spiro atoms. The van der Waals surface area contributed by atoms with Gasteiger partial charge in [-0.2, -0.15) is 0 Å². The Bertz CT molecular complexity index is 6430. The molecule has 9 aromatic rings. The van der Waals surface area contributed by atoms with Crippen LogP contribution in [-0.4, -0.2) is 135 Å². The number of carboxylic acids is 6. The molecule has 0 saturated heterocycles. The first-order valence-electron chi connectivity index (χ1n) is 41.5. The number of aryl methyl sites for hydroxylation is 9. The van der Waals surface area contributed by atoms with Crippen LogP contribution in [0, 0.1) is 41.5 Å². The number of aliphatic carboxylic acids is 6. The van der Waals surface area contributed by atoms with Gasteiger partial charge in [-0.25, -0.2) is 29.9 Å². The third-order valence-corrected chi connectivity index (χ3v) is 24.6. The average Bonchev–Trinajstić information content (AvgIpc) is 1.62. The van der Waals surface area contributed by atoms with Crippen LogP contribution in [0.4, 0.5) is 0 Å². The number of hydrogen-bond acceptors (Lipinski definition) is 18. The van der Waals surface area contributed by atoms with E-state index in [0.717, 1.165) is 217 Å². The van der Waals surface area contributed by atoms with Gasteiger partial charge in [0.2, 0.25) is 0 Å². The van der Waals surface area contributed by atoms with E-state index in [1.54, 1.807) is 18.2 Å². The summed E-state index contributed by atoms with van der Waals surface area (Å²) in [5, 5.41) is 68.4. The maximum absolute atomic E-state index is 11.4. The van der Waals surface area contributed by atoms with E-state index >= 15 is 0 Å². The fraction of sp³-hybridized carbons (Fsp3) is 0.235. The van der Waals surface area contributed by atoms with Gasteiger partial charge in [0.15, 0.2) is 0 Å². The van der Waals surface area contributed by atoms with Crippen molar-refractivity contribution < 1.29 is 59.4 Å². The number of fused-ring (bicyclic) bond motifs is 24. The number of allylic oxidation sites excluding steroid dienone is 15. The Morgan fingerprint density at radius 1 is 0.242 bits per heavy atom. The first kappa shape index (κ1) is 95.0. The standard InChI is InChI=1S/3C34H34N4O4.2Ga/c3*1-7-21-17(3)25-13-26-19(5)23(9-11-33(39)40)31(37-26)16-32-24(10-12-34(41)42)20(6)28(38-32)15-30-22(8-2)18(4)27(36-30)14-29(21)35-25;;/h3*7-8,13-16,35,38H,1-2,9-12H2,3-6H3,(H,39,40)(H,41,42);;/q;;;2*+3/p-6. The van der Waals surface area contributed by atoms with E-state index in [0.29, 0.717) is 50.7 Å². The zero-order valence-corrected chi connectivity index (χ0v) is 78.7. The van der Waals surface area contributed by atoms with Gasteiger partial charge >= 0.3 is 39.6 Å². The SMILES string of the molecule is C=CC1=C(C)c2cc3[nH]c(cc4nc(cc5[nH]c(cc1n2)c(C)c5CCC(=O)[O-])C(CCC(=O)[O-])=C4C)c(C)c3C=C.C=CC1=C(C)c2cc3[nH]c(cc4nc(cc5[nH]c(cc1n2)c(C)c5CCC(=O)[O-])C(CCC(=O)[O-])=C4C)c(C)c3C=C.C=CC1=C(C)c2cc3[nH]c(cc4nc(cc5[nH]c(cc1n2)c(C)c5CCC(=O)[O-])C(CCC(=O)[O-])=C4C)c(C)c3C=C.[Ga+3].[Ga+3]. The maximum Gasteiger partial charge on any atom is 3.00 e. The molecule has 0 aromatic carbocycles. The van der Waals surface area contributed by atoms with Gasteiger partial charge in [0.25, 0.3) is 0 Å². The zero-order valence-electron chi connectivity index (χ0n) is 73.9. The summed E-state index contributed by atoms with van der Waals surface area (Å²) in [6, 6.07) is 23.3. The number of carboxylic acid groups (broad SMARTS) is 6. The molecule has 642 valence electrons. The number of aromatic nitrogens is 12. The van der Waals surface area contributed by atoms with Crippen LogP contribution in [0.25, 0.3) is 151 Å². The van der Waals surface area contributed by atoms with E-state index in [9.17, 15) is 59.4 Å². The van der Waals surface area contributed by atoms with Crippen LogP contribution in [0.3, 0.4) is 0 Å². The molecule has 24 bridgehead atoms. The Labute approximate surface area is 766 Å². The number of rotatable bonds is 24. The van der Waals surface area contributed by atoms with Gasteiger partial charge in [0, 0.05) is 135 Å². The topological polar surface area (TPSA) is 413 Å². The molecule has 26 heteroatoms. The van der Waals surface area contributed by atoms with Crippen LogP contribution in [0.15, 0.2) is 130 Å². The number of carbonyl (C=O) groups is 6. The van der Waals surface area contributed by atoms with Crippen LogP contribution in [0.5, 0.6) is 0 Å². The van der Waals surface area contributed by atoms with Gasteiger partial charge in [0.05, 0.1) is 68.3 Å². The molecular formula is C102H96Ga2N12O12. The quantitative estimate of drug-likeness (QED) is 0.0306. The Hall–Kier alpha value is -13.7. The average molecular weight is 1820 g/mol. The monoisotopic (exact) mass is 1820 g/mol. The van der Waals surface area contributed by atoms with Crippen molar-refractivity contribution in [3.63, 3.8) is 0 Å². The molecule has 9 aromatic heterocycles. The Morgan fingerprint density at radius 2 is 0.422 bits per heavy atom. The van der Waals surface area contributed by atoms with Crippen molar-refractivity contribution in [1.29, 1.82) is 0 Å². The van der Waals surface area contributed by atoms with Crippen molar-refractivity contribution in [2.75, 3.05) is 0 Å². The molecular weight excluding hydrogens is 1720 g/mol. The Morgan fingerprint density at radius 3 is 0.641 bits per heavy atom. The van der Waals surface area contributed by atoms with Gasteiger partial charge < -0.3 is 89.3 Å². The van der Waals surface area contributed by atoms with E-state index in [1.807, 2.05) is 174 Å². The second kappa shape index (κ2) is 39.5. The van der Waals surface area contributed by atoms with E-state index in [1.165, 1.54) is 0 Å². The molecule has 6 aliphatic rings. The minimum atomic E-state index is -1.14. The van der Waals surface area contributed by atoms with Crippen LogP contribution in [0.2, 0.25) is 0 Å². The van der Waals surface area contributed by atoms with Crippen molar-refractivity contribution in [3.8, 4) is 0 Å². The van der Waals surface area contributed by atoms with Crippen molar-refractivity contribution in [2.24, 2.45) is 0 Å². The first-order valence-corrected chi connectivity index (χ1v) is 41.5. The van der Waals surface area contributed by atoms with Gasteiger partial charge in [0.1, 0.15) is 0 Å². The number of H-pyrrole nitrogens is 6. The largest absolute Gasteiger partial charge is 3.00 e. The Kier molecular flexibility index (Phi) is 29.3. The summed E-state index contributed by atoms with van der Waals surface area (Å²) in [6.07, 6.45) is 11.4. The first-order chi connectivity index (χ1) is 60.0. The molecule has 0 radical (unpaired) electrons. The van der Waals surface area contributed by atoms with Crippen LogP contribution in [-0.2, 0) is 48.0 Å². The molecule has 6 aliphatic heterocycles. The summed E-state index contributed by atoms with van der Waals surface area (Å²) >= 11 is 0. The molecule has 0 atom stereocenters. The molecule has 0 fully saturated rings.